The Kier molecular flexibility index (Phi) is 4.05. The second kappa shape index (κ2) is 5.74. The molecule has 94 valence electrons. The van der Waals surface area contributed by atoms with Gasteiger partial charge in [-0.1, -0.05) is 23.7 Å². The van der Waals surface area contributed by atoms with Crippen molar-refractivity contribution in [2.24, 2.45) is 0 Å². The zero-order chi connectivity index (χ0) is 13.0. The van der Waals surface area contributed by atoms with Gasteiger partial charge in [0, 0.05) is 16.8 Å². The van der Waals surface area contributed by atoms with Gasteiger partial charge in [0.2, 0.25) is 5.88 Å². The highest BCUT2D eigenvalue weighted by molar-refractivity contribution is 6.31. The van der Waals surface area contributed by atoms with E-state index < -0.39 is 0 Å². The summed E-state index contributed by atoms with van der Waals surface area (Å²) in [7, 11) is 1.61. The molecule has 0 fully saturated rings. The number of pyridine rings is 1. The summed E-state index contributed by atoms with van der Waals surface area (Å²) in [6.07, 6.45) is 0. The maximum absolute atomic E-state index is 6.07. The number of hydrogen-bond donors (Lipinski definition) is 1. The molecule has 1 aromatic heterocycles. The number of nitrogens with zero attached hydrogens (tertiary/aromatic N) is 1. The van der Waals surface area contributed by atoms with Crippen molar-refractivity contribution in [2.45, 2.75) is 13.5 Å². The molecule has 0 amide bonds. The lowest BCUT2D eigenvalue weighted by molar-refractivity contribution is 0.396. The van der Waals surface area contributed by atoms with Crippen LogP contribution in [0, 0.1) is 6.92 Å². The average molecular weight is 263 g/mol. The van der Waals surface area contributed by atoms with Gasteiger partial charge in [-0.05, 0) is 30.7 Å². The van der Waals surface area contributed by atoms with Crippen LogP contribution in [0.2, 0.25) is 5.02 Å². The zero-order valence-electron chi connectivity index (χ0n) is 10.4. The summed E-state index contributed by atoms with van der Waals surface area (Å²) in [6.45, 7) is 2.63. The third-order valence-corrected chi connectivity index (χ3v) is 3.13. The van der Waals surface area contributed by atoms with Gasteiger partial charge in [-0.25, -0.2) is 4.98 Å². The van der Waals surface area contributed by atoms with Crippen LogP contribution in [0.1, 0.15) is 11.3 Å². The number of anilines is 1. The zero-order valence-corrected chi connectivity index (χ0v) is 11.2. The standard InChI is InChI=1S/C14H15ClN2O/c1-10-12(15)6-4-7-13(10)16-9-11-5-3-8-14(17-11)18-2/h3-8,16H,9H2,1-2H3. The number of rotatable bonds is 4. The number of halogens is 1. The van der Waals surface area contributed by atoms with Gasteiger partial charge in [0.05, 0.1) is 19.3 Å². The first-order chi connectivity index (χ1) is 8.70. The van der Waals surface area contributed by atoms with E-state index in [2.05, 4.69) is 10.3 Å². The molecule has 2 aromatic rings. The summed E-state index contributed by atoms with van der Waals surface area (Å²) < 4.78 is 5.09. The Bertz CT molecular complexity index is 543. The third-order valence-electron chi connectivity index (χ3n) is 2.72. The molecular formula is C14H15ClN2O. The molecule has 1 heterocycles. The highest BCUT2D eigenvalue weighted by atomic mass is 35.5. The molecule has 4 heteroatoms. The van der Waals surface area contributed by atoms with Gasteiger partial charge in [-0.3, -0.25) is 0 Å². The van der Waals surface area contributed by atoms with E-state index in [-0.39, 0.29) is 0 Å². The third kappa shape index (κ3) is 2.93. The van der Waals surface area contributed by atoms with Gasteiger partial charge in [-0.15, -0.1) is 0 Å². The summed E-state index contributed by atoms with van der Waals surface area (Å²) in [6, 6.07) is 11.5. The van der Waals surface area contributed by atoms with Gasteiger partial charge in [0.25, 0.3) is 0 Å². The molecule has 0 aliphatic heterocycles. The number of benzene rings is 1. The second-order valence-electron chi connectivity index (χ2n) is 3.94. The minimum atomic E-state index is 0.622. The van der Waals surface area contributed by atoms with Crippen LogP contribution in [-0.2, 0) is 6.54 Å². The first-order valence-electron chi connectivity index (χ1n) is 5.69. The summed E-state index contributed by atoms with van der Waals surface area (Å²) >= 11 is 6.07. The molecule has 0 saturated carbocycles. The lowest BCUT2D eigenvalue weighted by Crippen LogP contribution is -2.03. The molecule has 0 aliphatic rings. The fourth-order valence-electron chi connectivity index (χ4n) is 1.65. The van der Waals surface area contributed by atoms with Crippen LogP contribution in [0.5, 0.6) is 5.88 Å². The molecule has 0 saturated heterocycles. The maximum Gasteiger partial charge on any atom is 0.213 e. The summed E-state index contributed by atoms with van der Waals surface area (Å²) in [5.74, 6) is 0.622. The minimum Gasteiger partial charge on any atom is -0.481 e. The first-order valence-corrected chi connectivity index (χ1v) is 6.07. The Morgan fingerprint density at radius 3 is 2.78 bits per heavy atom. The molecule has 18 heavy (non-hydrogen) atoms. The molecule has 2 rings (SSSR count). The molecule has 1 aromatic carbocycles. The average Bonchev–Trinajstić information content (AvgIpc) is 2.41. The van der Waals surface area contributed by atoms with Crippen molar-refractivity contribution in [3.8, 4) is 5.88 Å². The Balaban J connectivity index is 2.09. The van der Waals surface area contributed by atoms with E-state index in [0.29, 0.717) is 12.4 Å². The second-order valence-corrected chi connectivity index (χ2v) is 4.34. The quantitative estimate of drug-likeness (QED) is 0.913. The summed E-state index contributed by atoms with van der Waals surface area (Å²) in [4.78, 5) is 4.34. The summed E-state index contributed by atoms with van der Waals surface area (Å²) in [5, 5.41) is 4.08. The predicted molar refractivity (Wildman–Crippen MR) is 74.3 cm³/mol. The van der Waals surface area contributed by atoms with Crippen molar-refractivity contribution in [1.82, 2.24) is 4.98 Å². The van der Waals surface area contributed by atoms with E-state index >= 15 is 0 Å². The number of aromatic nitrogens is 1. The van der Waals surface area contributed by atoms with Gasteiger partial charge in [0.15, 0.2) is 0 Å². The van der Waals surface area contributed by atoms with Crippen LogP contribution < -0.4 is 10.1 Å². The smallest absolute Gasteiger partial charge is 0.213 e. The molecule has 0 atom stereocenters. The van der Waals surface area contributed by atoms with Gasteiger partial charge < -0.3 is 10.1 Å². The van der Waals surface area contributed by atoms with Crippen molar-refractivity contribution in [1.29, 1.82) is 0 Å². The fraction of sp³-hybridized carbons (Fsp3) is 0.214. The molecular weight excluding hydrogens is 248 g/mol. The van der Waals surface area contributed by atoms with Crippen LogP contribution in [0.4, 0.5) is 5.69 Å². The lowest BCUT2D eigenvalue weighted by Gasteiger charge is -2.10. The monoisotopic (exact) mass is 262 g/mol. The Morgan fingerprint density at radius 2 is 2.00 bits per heavy atom. The van der Waals surface area contributed by atoms with E-state index in [1.54, 1.807) is 7.11 Å². The number of hydrogen-bond acceptors (Lipinski definition) is 3. The van der Waals surface area contributed by atoms with Crippen molar-refractivity contribution in [3.05, 3.63) is 52.7 Å². The fourth-order valence-corrected chi connectivity index (χ4v) is 1.83. The molecule has 1 N–H and O–H groups in total. The molecule has 0 bridgehead atoms. The lowest BCUT2D eigenvalue weighted by atomic mass is 10.2. The largest absolute Gasteiger partial charge is 0.481 e. The Hall–Kier alpha value is -1.74. The molecule has 3 nitrogen and oxygen atoms in total. The van der Waals surface area contributed by atoms with E-state index in [1.165, 1.54) is 0 Å². The van der Waals surface area contributed by atoms with E-state index in [9.17, 15) is 0 Å². The van der Waals surface area contributed by atoms with E-state index in [4.69, 9.17) is 16.3 Å². The first kappa shape index (κ1) is 12.7. The minimum absolute atomic E-state index is 0.622. The molecule has 0 radical (unpaired) electrons. The van der Waals surface area contributed by atoms with Crippen LogP contribution in [0.15, 0.2) is 36.4 Å². The topological polar surface area (TPSA) is 34.1 Å². The van der Waals surface area contributed by atoms with Gasteiger partial charge in [-0.2, -0.15) is 0 Å². The van der Waals surface area contributed by atoms with Gasteiger partial charge in [0.1, 0.15) is 0 Å². The van der Waals surface area contributed by atoms with Crippen molar-refractivity contribution in [2.75, 3.05) is 12.4 Å². The normalized spacial score (nSPS) is 10.2. The highest BCUT2D eigenvalue weighted by Crippen LogP contribution is 2.23. The molecule has 0 unspecified atom stereocenters. The van der Waals surface area contributed by atoms with Crippen LogP contribution >= 0.6 is 11.6 Å². The maximum atomic E-state index is 6.07. The van der Waals surface area contributed by atoms with Crippen molar-refractivity contribution >= 4 is 17.3 Å². The van der Waals surface area contributed by atoms with E-state index in [1.807, 2.05) is 43.3 Å². The van der Waals surface area contributed by atoms with Crippen molar-refractivity contribution in [3.63, 3.8) is 0 Å². The number of methoxy groups -OCH3 is 1. The van der Waals surface area contributed by atoms with Crippen LogP contribution in [0.25, 0.3) is 0 Å². The summed E-state index contributed by atoms with van der Waals surface area (Å²) in [5.41, 5.74) is 2.99. The predicted octanol–water partition coefficient (Wildman–Crippen LogP) is 3.66. The SMILES string of the molecule is COc1cccc(CNc2cccc(Cl)c2C)n1. The number of ether oxygens (including phenoxy) is 1. The van der Waals surface area contributed by atoms with Gasteiger partial charge >= 0.3 is 0 Å². The molecule has 0 aliphatic carbocycles. The van der Waals surface area contributed by atoms with Crippen LogP contribution in [-0.4, -0.2) is 12.1 Å². The Morgan fingerprint density at radius 1 is 1.22 bits per heavy atom. The Labute approximate surface area is 112 Å². The highest BCUT2D eigenvalue weighted by Gasteiger charge is 2.02. The van der Waals surface area contributed by atoms with Crippen LogP contribution in [0.3, 0.4) is 0 Å². The molecule has 0 spiro atoms. The van der Waals surface area contributed by atoms with E-state index in [0.717, 1.165) is 22.0 Å². The van der Waals surface area contributed by atoms with Crippen molar-refractivity contribution < 1.29 is 4.74 Å². The number of nitrogens with one attached hydrogen (secondary N) is 1.